The van der Waals surface area contributed by atoms with Crippen LogP contribution in [0.5, 0.6) is 11.5 Å². The molecule has 0 spiro atoms. The summed E-state index contributed by atoms with van der Waals surface area (Å²) < 4.78 is 0. The molecule has 4 atom stereocenters. The highest BCUT2D eigenvalue weighted by Crippen LogP contribution is 2.48. The molecule has 1 aliphatic rings. The summed E-state index contributed by atoms with van der Waals surface area (Å²) in [4.78, 5) is 0. The second kappa shape index (κ2) is 9.06. The quantitative estimate of drug-likeness (QED) is 0.303. The first kappa shape index (κ1) is 21.7. The Balaban J connectivity index is 2.36. The summed E-state index contributed by atoms with van der Waals surface area (Å²) in [6, 6.07) is 3.24. The van der Waals surface area contributed by atoms with Gasteiger partial charge in [0.05, 0.1) is 18.3 Å². The molecule has 0 fully saturated rings. The van der Waals surface area contributed by atoms with Gasteiger partial charge in [-0.15, -0.1) is 0 Å². The summed E-state index contributed by atoms with van der Waals surface area (Å²) in [5, 5.41) is 60.4. The maximum absolute atomic E-state index is 10.6. The molecule has 1 aromatic carbocycles. The number of phenols is 2. The normalized spacial score (nSPS) is 25.1. The van der Waals surface area contributed by atoms with Crippen LogP contribution >= 0.6 is 0 Å². The molecule has 0 heterocycles. The minimum absolute atomic E-state index is 0.0589. The molecular weight excluding hydrogens is 348 g/mol. The summed E-state index contributed by atoms with van der Waals surface area (Å²) in [5.41, 5.74) is 0.342. The van der Waals surface area contributed by atoms with Crippen LogP contribution < -0.4 is 0 Å². The molecule has 0 saturated carbocycles. The van der Waals surface area contributed by atoms with E-state index in [9.17, 15) is 25.5 Å². The van der Waals surface area contributed by atoms with Gasteiger partial charge in [-0.05, 0) is 62.8 Å². The molecule has 1 aliphatic carbocycles. The van der Waals surface area contributed by atoms with Crippen molar-refractivity contribution in [3.8, 4) is 11.5 Å². The number of phenolic OH excluding ortho intramolecular Hbond substituents is 2. The van der Waals surface area contributed by atoms with Crippen LogP contribution in [0.3, 0.4) is 0 Å². The number of unbranched alkanes of at least 4 members (excludes halogenated alkanes) is 2. The molecule has 0 aliphatic heterocycles. The molecule has 1 aromatic rings. The SMILES string of the molecule is CC1=CC(c2c(O)cc(CCCCCO)cc2O)[C@H](C(C)(O)CO)CC1O. The predicted octanol–water partition coefficient (Wildman–Crippen LogP) is 1.96. The van der Waals surface area contributed by atoms with Gasteiger partial charge in [0.25, 0.3) is 0 Å². The minimum atomic E-state index is -1.47. The molecule has 0 amide bonds. The highest BCUT2D eigenvalue weighted by molar-refractivity contribution is 5.51. The number of rotatable bonds is 8. The van der Waals surface area contributed by atoms with Crippen LogP contribution in [0.4, 0.5) is 0 Å². The number of aromatic hydroxyl groups is 2. The molecule has 27 heavy (non-hydrogen) atoms. The van der Waals surface area contributed by atoms with Gasteiger partial charge in [0.15, 0.2) is 0 Å². The lowest BCUT2D eigenvalue weighted by Gasteiger charge is -2.41. The van der Waals surface area contributed by atoms with E-state index in [0.29, 0.717) is 17.6 Å². The van der Waals surface area contributed by atoms with Gasteiger partial charge >= 0.3 is 0 Å². The van der Waals surface area contributed by atoms with E-state index >= 15 is 0 Å². The largest absolute Gasteiger partial charge is 0.507 e. The maximum Gasteiger partial charge on any atom is 0.123 e. The van der Waals surface area contributed by atoms with Crippen molar-refractivity contribution in [3.05, 3.63) is 34.9 Å². The first-order chi connectivity index (χ1) is 12.7. The van der Waals surface area contributed by atoms with Crippen molar-refractivity contribution in [1.82, 2.24) is 0 Å². The van der Waals surface area contributed by atoms with Gasteiger partial charge in [0, 0.05) is 24.0 Å². The first-order valence-corrected chi connectivity index (χ1v) is 9.56. The third-order valence-electron chi connectivity index (χ3n) is 5.65. The fraction of sp³-hybridized carbons (Fsp3) is 0.619. The van der Waals surface area contributed by atoms with Crippen LogP contribution in [-0.2, 0) is 6.42 Å². The Hall–Kier alpha value is -1.60. The predicted molar refractivity (Wildman–Crippen MR) is 103 cm³/mol. The molecule has 0 saturated heterocycles. The molecule has 3 unspecified atom stereocenters. The standard InChI is InChI=1S/C21H32O6/c1-13-8-15(16(11-17(13)24)21(2,27)12-23)20-18(25)9-14(10-19(20)26)6-4-3-5-7-22/h8-10,15-17,22-27H,3-7,11-12H2,1-2H3/t15?,16-,17?,21?/m1/s1. The smallest absolute Gasteiger partial charge is 0.123 e. The summed E-state index contributed by atoms with van der Waals surface area (Å²) in [7, 11) is 0. The third-order valence-corrected chi connectivity index (χ3v) is 5.65. The number of aliphatic hydroxyl groups excluding tert-OH is 3. The highest BCUT2D eigenvalue weighted by atomic mass is 16.3. The summed E-state index contributed by atoms with van der Waals surface area (Å²) in [6.45, 7) is 2.93. The Morgan fingerprint density at radius 1 is 1.07 bits per heavy atom. The van der Waals surface area contributed by atoms with Crippen molar-refractivity contribution in [2.45, 2.75) is 63.6 Å². The van der Waals surface area contributed by atoms with E-state index in [1.54, 1.807) is 25.1 Å². The summed E-state index contributed by atoms with van der Waals surface area (Å²) in [6.07, 6.45) is 4.35. The van der Waals surface area contributed by atoms with Crippen LogP contribution in [0, 0.1) is 5.92 Å². The lowest BCUT2D eigenvalue weighted by molar-refractivity contribution is -0.0662. The molecule has 0 bridgehead atoms. The fourth-order valence-electron chi connectivity index (χ4n) is 3.91. The maximum atomic E-state index is 10.6. The van der Waals surface area contributed by atoms with Gasteiger partial charge in [0.1, 0.15) is 11.5 Å². The summed E-state index contributed by atoms with van der Waals surface area (Å²) in [5.74, 6) is -1.21. The number of benzene rings is 1. The zero-order valence-electron chi connectivity index (χ0n) is 16.1. The molecule has 6 N–H and O–H groups in total. The summed E-state index contributed by atoms with van der Waals surface area (Å²) >= 11 is 0. The van der Waals surface area contributed by atoms with E-state index in [1.165, 1.54) is 6.92 Å². The number of allylic oxidation sites excluding steroid dienone is 1. The Morgan fingerprint density at radius 2 is 1.70 bits per heavy atom. The van der Waals surface area contributed by atoms with Crippen molar-refractivity contribution >= 4 is 0 Å². The molecular formula is C21H32O6. The molecule has 0 radical (unpaired) electrons. The van der Waals surface area contributed by atoms with Gasteiger partial charge in [-0.3, -0.25) is 0 Å². The average molecular weight is 380 g/mol. The number of aliphatic hydroxyl groups is 4. The topological polar surface area (TPSA) is 121 Å². The van der Waals surface area contributed by atoms with E-state index in [0.717, 1.165) is 24.8 Å². The second-order valence-corrected chi connectivity index (χ2v) is 7.89. The van der Waals surface area contributed by atoms with Crippen molar-refractivity contribution in [1.29, 1.82) is 0 Å². The van der Waals surface area contributed by atoms with Crippen molar-refractivity contribution < 1.29 is 30.6 Å². The highest BCUT2D eigenvalue weighted by Gasteiger charge is 2.42. The molecule has 2 rings (SSSR count). The first-order valence-electron chi connectivity index (χ1n) is 9.56. The zero-order chi connectivity index (χ0) is 20.2. The molecule has 152 valence electrons. The Kier molecular flexibility index (Phi) is 7.28. The molecule has 6 nitrogen and oxygen atoms in total. The Morgan fingerprint density at radius 3 is 2.26 bits per heavy atom. The van der Waals surface area contributed by atoms with Gasteiger partial charge in [-0.1, -0.05) is 12.5 Å². The average Bonchev–Trinajstić information content (AvgIpc) is 2.60. The van der Waals surface area contributed by atoms with Gasteiger partial charge in [-0.2, -0.15) is 0 Å². The van der Waals surface area contributed by atoms with Crippen molar-refractivity contribution in [3.63, 3.8) is 0 Å². The minimum Gasteiger partial charge on any atom is -0.507 e. The van der Waals surface area contributed by atoms with E-state index in [4.69, 9.17) is 5.11 Å². The van der Waals surface area contributed by atoms with Crippen LogP contribution in [0.15, 0.2) is 23.8 Å². The van der Waals surface area contributed by atoms with Gasteiger partial charge in [0.2, 0.25) is 0 Å². The monoisotopic (exact) mass is 380 g/mol. The van der Waals surface area contributed by atoms with Crippen LogP contribution in [0.2, 0.25) is 0 Å². The number of aryl methyl sites for hydroxylation is 1. The fourth-order valence-corrected chi connectivity index (χ4v) is 3.91. The second-order valence-electron chi connectivity index (χ2n) is 7.89. The van der Waals surface area contributed by atoms with E-state index in [2.05, 4.69) is 0 Å². The number of hydrogen-bond acceptors (Lipinski definition) is 6. The Labute approximate surface area is 160 Å². The lowest BCUT2D eigenvalue weighted by atomic mass is 9.68. The molecule has 0 aromatic heterocycles. The van der Waals surface area contributed by atoms with Gasteiger partial charge in [-0.25, -0.2) is 0 Å². The van der Waals surface area contributed by atoms with E-state index in [1.807, 2.05) is 0 Å². The van der Waals surface area contributed by atoms with Crippen LogP contribution in [0.1, 0.15) is 56.6 Å². The molecule has 6 heteroatoms. The zero-order valence-corrected chi connectivity index (χ0v) is 16.1. The lowest BCUT2D eigenvalue weighted by Crippen LogP contribution is -2.45. The third kappa shape index (κ3) is 5.02. The van der Waals surface area contributed by atoms with E-state index < -0.39 is 30.1 Å². The van der Waals surface area contributed by atoms with Gasteiger partial charge < -0.3 is 30.6 Å². The van der Waals surface area contributed by atoms with Crippen molar-refractivity contribution in [2.24, 2.45) is 5.92 Å². The van der Waals surface area contributed by atoms with Crippen molar-refractivity contribution in [2.75, 3.05) is 13.2 Å². The Bertz CT molecular complexity index is 644. The number of hydrogen-bond donors (Lipinski definition) is 6. The van der Waals surface area contributed by atoms with Crippen LogP contribution in [0.25, 0.3) is 0 Å². The van der Waals surface area contributed by atoms with Crippen LogP contribution in [-0.4, -0.2) is 55.6 Å². The van der Waals surface area contributed by atoms with E-state index in [-0.39, 0.29) is 24.5 Å².